The van der Waals surface area contributed by atoms with E-state index in [4.69, 9.17) is 16.3 Å². The molecule has 1 aromatic rings. The first-order valence-electron chi connectivity index (χ1n) is 6.12. The number of halogens is 1. The summed E-state index contributed by atoms with van der Waals surface area (Å²) in [5.41, 5.74) is 0.670. The first kappa shape index (κ1) is 14.8. The Balaban J connectivity index is 2.12. The van der Waals surface area contributed by atoms with Crippen molar-refractivity contribution in [3.63, 3.8) is 0 Å². The summed E-state index contributed by atoms with van der Waals surface area (Å²) in [6, 6.07) is 6.87. The highest BCUT2D eigenvalue weighted by Gasteiger charge is 2.02. The number of hydrogen-bond donors (Lipinski definition) is 2. The van der Waals surface area contributed by atoms with Crippen LogP contribution in [-0.4, -0.2) is 25.8 Å². The van der Waals surface area contributed by atoms with E-state index in [2.05, 4.69) is 17.6 Å². The van der Waals surface area contributed by atoms with Crippen LogP contribution in [-0.2, 0) is 4.74 Å². The second kappa shape index (κ2) is 8.78. The maximum absolute atomic E-state index is 11.4. The number of rotatable bonds is 7. The highest BCUT2D eigenvalue weighted by atomic mass is 35.5. The average molecular weight is 271 g/mol. The lowest BCUT2D eigenvalue weighted by Crippen LogP contribution is -2.24. The molecule has 2 N–H and O–H groups in total. The molecule has 0 heterocycles. The molecule has 0 fully saturated rings. The standard InChI is InChI=1S/C13H19ClN2O2/c1-2-3-8-15-9-10-18-13(17)16-12-6-4-11(14)5-7-12/h4-7,15H,2-3,8-10H2,1H3,(H,16,17). The summed E-state index contributed by atoms with van der Waals surface area (Å²) >= 11 is 5.74. The molecule has 5 heteroatoms. The van der Waals surface area contributed by atoms with E-state index in [0.717, 1.165) is 19.4 Å². The Labute approximate surface area is 113 Å². The van der Waals surface area contributed by atoms with Crippen molar-refractivity contribution in [2.24, 2.45) is 0 Å². The molecule has 4 nitrogen and oxygen atoms in total. The van der Waals surface area contributed by atoms with Gasteiger partial charge in [0.1, 0.15) is 6.61 Å². The Morgan fingerprint density at radius 3 is 2.67 bits per heavy atom. The van der Waals surface area contributed by atoms with Crippen molar-refractivity contribution in [3.8, 4) is 0 Å². The van der Waals surface area contributed by atoms with Crippen LogP contribution in [0.3, 0.4) is 0 Å². The van der Waals surface area contributed by atoms with Crippen LogP contribution in [0.15, 0.2) is 24.3 Å². The second-order valence-corrected chi connectivity index (χ2v) is 4.31. The molecular weight excluding hydrogens is 252 g/mol. The fourth-order valence-electron chi connectivity index (χ4n) is 1.33. The van der Waals surface area contributed by atoms with Crippen molar-refractivity contribution in [1.82, 2.24) is 5.32 Å². The minimum atomic E-state index is -0.449. The van der Waals surface area contributed by atoms with Crippen LogP contribution >= 0.6 is 11.6 Å². The van der Waals surface area contributed by atoms with Gasteiger partial charge in [0.05, 0.1) is 0 Å². The topological polar surface area (TPSA) is 50.4 Å². The molecule has 0 unspecified atom stereocenters. The molecule has 0 aliphatic rings. The largest absolute Gasteiger partial charge is 0.448 e. The predicted octanol–water partition coefficient (Wildman–Crippen LogP) is 3.28. The molecule has 0 aliphatic heterocycles. The quantitative estimate of drug-likeness (QED) is 0.748. The number of ether oxygens (including phenoxy) is 1. The summed E-state index contributed by atoms with van der Waals surface area (Å²) < 4.78 is 5.01. The van der Waals surface area contributed by atoms with Crippen LogP contribution in [0.5, 0.6) is 0 Å². The number of nitrogens with one attached hydrogen (secondary N) is 2. The van der Waals surface area contributed by atoms with Crippen LogP contribution in [0.4, 0.5) is 10.5 Å². The average Bonchev–Trinajstić information content (AvgIpc) is 2.36. The van der Waals surface area contributed by atoms with Crippen LogP contribution in [0.1, 0.15) is 19.8 Å². The van der Waals surface area contributed by atoms with Gasteiger partial charge in [-0.15, -0.1) is 0 Å². The third kappa shape index (κ3) is 6.47. The monoisotopic (exact) mass is 270 g/mol. The van der Waals surface area contributed by atoms with Crippen molar-refractivity contribution in [2.75, 3.05) is 25.0 Å². The predicted molar refractivity (Wildman–Crippen MR) is 74.2 cm³/mol. The SMILES string of the molecule is CCCCNCCOC(=O)Nc1ccc(Cl)cc1. The lowest BCUT2D eigenvalue weighted by molar-refractivity contribution is 0.162. The fraction of sp³-hybridized carbons (Fsp3) is 0.462. The van der Waals surface area contributed by atoms with Gasteiger partial charge in [0, 0.05) is 17.3 Å². The Morgan fingerprint density at radius 2 is 2.00 bits per heavy atom. The number of hydrogen-bond acceptors (Lipinski definition) is 3. The summed E-state index contributed by atoms with van der Waals surface area (Å²) in [4.78, 5) is 11.4. The van der Waals surface area contributed by atoms with Gasteiger partial charge in [-0.2, -0.15) is 0 Å². The molecule has 0 atom stereocenters. The number of unbranched alkanes of at least 4 members (excludes halogenated alkanes) is 1. The normalized spacial score (nSPS) is 10.1. The van der Waals surface area contributed by atoms with Gasteiger partial charge in [-0.3, -0.25) is 5.32 Å². The van der Waals surface area contributed by atoms with Gasteiger partial charge in [0.25, 0.3) is 0 Å². The Morgan fingerprint density at radius 1 is 1.28 bits per heavy atom. The van der Waals surface area contributed by atoms with Gasteiger partial charge in [0.15, 0.2) is 0 Å². The minimum absolute atomic E-state index is 0.364. The van der Waals surface area contributed by atoms with Gasteiger partial charge < -0.3 is 10.1 Å². The van der Waals surface area contributed by atoms with E-state index in [1.165, 1.54) is 0 Å². The minimum Gasteiger partial charge on any atom is -0.448 e. The van der Waals surface area contributed by atoms with Crippen molar-refractivity contribution in [3.05, 3.63) is 29.3 Å². The van der Waals surface area contributed by atoms with Crippen molar-refractivity contribution in [2.45, 2.75) is 19.8 Å². The number of benzene rings is 1. The van der Waals surface area contributed by atoms with Crippen LogP contribution in [0.2, 0.25) is 5.02 Å². The van der Waals surface area contributed by atoms with Crippen molar-refractivity contribution >= 4 is 23.4 Å². The first-order chi connectivity index (χ1) is 8.72. The van der Waals surface area contributed by atoms with Crippen LogP contribution in [0, 0.1) is 0 Å². The number of anilines is 1. The zero-order valence-electron chi connectivity index (χ0n) is 10.5. The molecule has 18 heavy (non-hydrogen) atoms. The van der Waals surface area contributed by atoms with E-state index < -0.39 is 6.09 Å². The maximum atomic E-state index is 11.4. The lowest BCUT2D eigenvalue weighted by Gasteiger charge is -2.07. The Hall–Kier alpha value is -1.26. The number of carbonyl (C=O) groups excluding carboxylic acids is 1. The summed E-state index contributed by atoms with van der Waals surface area (Å²) in [7, 11) is 0. The fourth-order valence-corrected chi connectivity index (χ4v) is 1.46. The van der Waals surface area contributed by atoms with E-state index >= 15 is 0 Å². The highest BCUT2D eigenvalue weighted by Crippen LogP contribution is 2.13. The van der Waals surface area contributed by atoms with Gasteiger partial charge in [-0.25, -0.2) is 4.79 Å². The van der Waals surface area contributed by atoms with Crippen LogP contribution in [0.25, 0.3) is 0 Å². The molecule has 0 saturated carbocycles. The van der Waals surface area contributed by atoms with Gasteiger partial charge >= 0.3 is 6.09 Å². The molecule has 0 aliphatic carbocycles. The number of carbonyl (C=O) groups is 1. The van der Waals surface area contributed by atoms with Crippen molar-refractivity contribution in [1.29, 1.82) is 0 Å². The van der Waals surface area contributed by atoms with E-state index in [1.807, 2.05) is 0 Å². The molecule has 0 bridgehead atoms. The van der Waals surface area contributed by atoms with Crippen LogP contribution < -0.4 is 10.6 Å². The Kier molecular flexibility index (Phi) is 7.22. The molecule has 0 spiro atoms. The maximum Gasteiger partial charge on any atom is 0.411 e. The molecule has 1 aromatic carbocycles. The first-order valence-corrected chi connectivity index (χ1v) is 6.50. The highest BCUT2D eigenvalue weighted by molar-refractivity contribution is 6.30. The zero-order chi connectivity index (χ0) is 13.2. The summed E-state index contributed by atoms with van der Waals surface area (Å²) in [5, 5.41) is 6.45. The molecule has 1 amide bonds. The van der Waals surface area contributed by atoms with Gasteiger partial charge in [-0.1, -0.05) is 24.9 Å². The van der Waals surface area contributed by atoms with E-state index in [-0.39, 0.29) is 0 Å². The third-order valence-electron chi connectivity index (χ3n) is 2.31. The van der Waals surface area contributed by atoms with Crippen molar-refractivity contribution < 1.29 is 9.53 Å². The molecule has 0 saturated heterocycles. The molecule has 1 rings (SSSR count). The van der Waals surface area contributed by atoms with Gasteiger partial charge in [-0.05, 0) is 37.2 Å². The third-order valence-corrected chi connectivity index (χ3v) is 2.56. The zero-order valence-corrected chi connectivity index (χ0v) is 11.3. The molecule has 100 valence electrons. The van der Waals surface area contributed by atoms with E-state index in [1.54, 1.807) is 24.3 Å². The van der Waals surface area contributed by atoms with Gasteiger partial charge in [0.2, 0.25) is 0 Å². The molecule has 0 aromatic heterocycles. The summed E-state index contributed by atoms with van der Waals surface area (Å²) in [6.07, 6.45) is 1.84. The summed E-state index contributed by atoms with van der Waals surface area (Å²) in [6.45, 7) is 4.13. The smallest absolute Gasteiger partial charge is 0.411 e. The number of amides is 1. The van der Waals surface area contributed by atoms with E-state index in [9.17, 15) is 4.79 Å². The second-order valence-electron chi connectivity index (χ2n) is 3.87. The van der Waals surface area contributed by atoms with E-state index in [0.29, 0.717) is 23.9 Å². The molecular formula is C13H19ClN2O2. The Bertz CT molecular complexity index is 355. The lowest BCUT2D eigenvalue weighted by atomic mass is 10.3. The summed E-state index contributed by atoms with van der Waals surface area (Å²) in [5.74, 6) is 0. The molecule has 0 radical (unpaired) electrons.